The van der Waals surface area contributed by atoms with Crippen LogP contribution in [0.1, 0.15) is 43.2 Å². The summed E-state index contributed by atoms with van der Waals surface area (Å²) in [6.45, 7) is 2.35. The molecule has 1 aliphatic heterocycles. The van der Waals surface area contributed by atoms with Crippen molar-refractivity contribution in [3.8, 4) is 0 Å². The molecule has 1 heterocycles. The monoisotopic (exact) mass is 380 g/mol. The Morgan fingerprint density at radius 2 is 2.04 bits per heavy atom. The summed E-state index contributed by atoms with van der Waals surface area (Å²) < 4.78 is 5.22. The molecule has 2 N–H and O–H groups in total. The van der Waals surface area contributed by atoms with E-state index in [0.717, 1.165) is 45.2 Å². The van der Waals surface area contributed by atoms with Gasteiger partial charge in [-0.15, -0.1) is 0 Å². The van der Waals surface area contributed by atoms with Gasteiger partial charge in [0, 0.05) is 32.2 Å². The number of likely N-dealkylation sites (tertiary alicyclic amines) is 1. The number of carbonyl (C=O) groups is 1. The summed E-state index contributed by atoms with van der Waals surface area (Å²) in [4.78, 5) is 15.1. The van der Waals surface area contributed by atoms with E-state index in [0.29, 0.717) is 24.3 Å². The summed E-state index contributed by atoms with van der Waals surface area (Å²) in [7, 11) is 1.72. The number of carbonyl (C=O) groups excluding carboxylic acids is 1. The molecule has 3 aliphatic rings. The number of ether oxygens (including phenoxy) is 1. The maximum absolute atomic E-state index is 13.1. The van der Waals surface area contributed by atoms with Crippen LogP contribution in [0.25, 0.3) is 5.57 Å². The van der Waals surface area contributed by atoms with Gasteiger partial charge in [0.1, 0.15) is 0 Å². The van der Waals surface area contributed by atoms with Gasteiger partial charge in [0.05, 0.1) is 6.61 Å². The highest BCUT2D eigenvalue weighted by atomic mass is 16.5. The van der Waals surface area contributed by atoms with Gasteiger partial charge >= 0.3 is 0 Å². The van der Waals surface area contributed by atoms with Crippen molar-refractivity contribution in [1.82, 2.24) is 4.90 Å². The SMILES string of the molecule is COCc1ccc(C2=CC=CCC2C2CC2C(=O)N2CCCC(N)CC2)cc1. The number of rotatable bonds is 5. The number of methoxy groups -OCH3 is 1. The van der Waals surface area contributed by atoms with Crippen LogP contribution in [0.5, 0.6) is 0 Å². The van der Waals surface area contributed by atoms with Crippen LogP contribution in [0.2, 0.25) is 0 Å². The zero-order chi connectivity index (χ0) is 19.5. The molecule has 1 saturated carbocycles. The smallest absolute Gasteiger partial charge is 0.225 e. The fraction of sp³-hybridized carbons (Fsp3) is 0.542. The van der Waals surface area contributed by atoms with Crippen LogP contribution in [-0.4, -0.2) is 37.0 Å². The van der Waals surface area contributed by atoms with E-state index < -0.39 is 0 Å². The quantitative estimate of drug-likeness (QED) is 0.846. The van der Waals surface area contributed by atoms with Crippen LogP contribution in [0, 0.1) is 17.8 Å². The molecule has 2 fully saturated rings. The Morgan fingerprint density at radius 1 is 1.21 bits per heavy atom. The minimum atomic E-state index is 0.196. The number of benzene rings is 1. The minimum absolute atomic E-state index is 0.196. The molecule has 4 rings (SSSR count). The molecule has 2 aliphatic carbocycles. The first-order valence-electron chi connectivity index (χ1n) is 10.7. The standard InChI is InChI=1S/C24H32N2O2/c1-28-16-17-8-10-18(11-9-17)20-6-2-3-7-21(20)22-15-23(22)24(27)26-13-4-5-19(25)12-14-26/h2-3,6,8-11,19,21-23H,4-5,7,12-16,25H2,1H3. The Bertz CT molecular complexity index is 752. The molecule has 4 nitrogen and oxygen atoms in total. The van der Waals surface area contributed by atoms with Crippen molar-refractivity contribution >= 4 is 11.5 Å². The van der Waals surface area contributed by atoms with Crippen molar-refractivity contribution < 1.29 is 9.53 Å². The second-order valence-corrected chi connectivity index (χ2v) is 8.54. The van der Waals surface area contributed by atoms with Gasteiger partial charge in [-0.25, -0.2) is 0 Å². The second-order valence-electron chi connectivity index (χ2n) is 8.54. The summed E-state index contributed by atoms with van der Waals surface area (Å²) >= 11 is 0. The average Bonchev–Trinajstić information content (AvgIpc) is 3.53. The summed E-state index contributed by atoms with van der Waals surface area (Å²) in [6.07, 6.45) is 11.7. The van der Waals surface area contributed by atoms with E-state index in [4.69, 9.17) is 10.5 Å². The van der Waals surface area contributed by atoms with E-state index in [9.17, 15) is 4.79 Å². The molecule has 1 aromatic rings. The van der Waals surface area contributed by atoms with E-state index in [-0.39, 0.29) is 12.0 Å². The maximum Gasteiger partial charge on any atom is 0.225 e. The zero-order valence-electron chi connectivity index (χ0n) is 16.8. The fourth-order valence-corrected chi connectivity index (χ4v) is 4.84. The van der Waals surface area contributed by atoms with Gasteiger partial charge in [0.25, 0.3) is 0 Å². The van der Waals surface area contributed by atoms with Crippen molar-refractivity contribution in [3.63, 3.8) is 0 Å². The Labute approximate surface area is 168 Å². The van der Waals surface area contributed by atoms with Gasteiger partial charge in [-0.05, 0) is 60.6 Å². The maximum atomic E-state index is 13.1. The number of allylic oxidation sites excluding steroid dienone is 4. The predicted octanol–water partition coefficient (Wildman–Crippen LogP) is 3.77. The third-order valence-corrected chi connectivity index (χ3v) is 6.56. The predicted molar refractivity (Wildman–Crippen MR) is 112 cm³/mol. The molecule has 150 valence electrons. The van der Waals surface area contributed by atoms with Crippen molar-refractivity contribution in [1.29, 1.82) is 0 Å². The Hall–Kier alpha value is -1.91. The summed E-state index contributed by atoms with van der Waals surface area (Å²) in [5.41, 5.74) is 9.92. The zero-order valence-corrected chi connectivity index (χ0v) is 16.8. The molecule has 28 heavy (non-hydrogen) atoms. The molecule has 1 amide bonds. The van der Waals surface area contributed by atoms with Crippen LogP contribution >= 0.6 is 0 Å². The summed E-state index contributed by atoms with van der Waals surface area (Å²) in [5.74, 6) is 1.48. The van der Waals surface area contributed by atoms with Crippen LogP contribution in [0.15, 0.2) is 42.5 Å². The first-order valence-corrected chi connectivity index (χ1v) is 10.7. The lowest BCUT2D eigenvalue weighted by atomic mass is 9.82. The van der Waals surface area contributed by atoms with Crippen LogP contribution in [0.4, 0.5) is 0 Å². The van der Waals surface area contributed by atoms with Crippen molar-refractivity contribution in [3.05, 3.63) is 53.6 Å². The van der Waals surface area contributed by atoms with Gasteiger partial charge in [-0.2, -0.15) is 0 Å². The number of nitrogens with two attached hydrogens (primary N) is 1. The normalized spacial score (nSPS) is 29.9. The lowest BCUT2D eigenvalue weighted by Gasteiger charge is -2.24. The van der Waals surface area contributed by atoms with Gasteiger partial charge in [-0.1, -0.05) is 42.5 Å². The van der Waals surface area contributed by atoms with E-state index in [1.807, 2.05) is 0 Å². The van der Waals surface area contributed by atoms with Crippen LogP contribution < -0.4 is 5.73 Å². The second kappa shape index (κ2) is 8.62. The third-order valence-electron chi connectivity index (χ3n) is 6.56. The molecular weight excluding hydrogens is 348 g/mol. The highest BCUT2D eigenvalue weighted by molar-refractivity contribution is 5.83. The average molecular weight is 381 g/mol. The topological polar surface area (TPSA) is 55.6 Å². The van der Waals surface area contributed by atoms with Crippen LogP contribution in [0.3, 0.4) is 0 Å². The fourth-order valence-electron chi connectivity index (χ4n) is 4.84. The van der Waals surface area contributed by atoms with Crippen molar-refractivity contribution in [2.45, 2.75) is 44.8 Å². The van der Waals surface area contributed by atoms with Gasteiger partial charge < -0.3 is 15.4 Å². The van der Waals surface area contributed by atoms with E-state index in [1.54, 1.807) is 7.11 Å². The molecule has 1 aromatic carbocycles. The molecule has 0 radical (unpaired) electrons. The summed E-state index contributed by atoms with van der Waals surface area (Å²) in [5, 5.41) is 0. The van der Waals surface area contributed by atoms with Gasteiger partial charge in [0.2, 0.25) is 5.91 Å². The highest BCUT2D eigenvalue weighted by Gasteiger charge is 2.49. The molecule has 1 saturated heterocycles. The minimum Gasteiger partial charge on any atom is -0.380 e. The Balaban J connectivity index is 1.43. The molecule has 4 atom stereocenters. The third kappa shape index (κ3) is 4.23. The van der Waals surface area contributed by atoms with E-state index >= 15 is 0 Å². The summed E-state index contributed by atoms with van der Waals surface area (Å²) in [6, 6.07) is 8.94. The molecule has 4 unspecified atom stereocenters. The van der Waals surface area contributed by atoms with Gasteiger partial charge in [-0.3, -0.25) is 4.79 Å². The number of hydrogen-bond donors (Lipinski definition) is 1. The molecule has 0 aromatic heterocycles. The van der Waals surface area contributed by atoms with Crippen LogP contribution in [-0.2, 0) is 16.1 Å². The first-order chi connectivity index (χ1) is 13.7. The van der Waals surface area contributed by atoms with E-state index in [2.05, 4.69) is 47.4 Å². The molecule has 0 spiro atoms. The highest BCUT2D eigenvalue weighted by Crippen LogP contribution is 2.52. The molecule has 4 heteroatoms. The van der Waals surface area contributed by atoms with Crippen molar-refractivity contribution in [2.75, 3.05) is 20.2 Å². The van der Waals surface area contributed by atoms with Gasteiger partial charge in [0.15, 0.2) is 0 Å². The molecule has 0 bridgehead atoms. The first kappa shape index (κ1) is 19.4. The van der Waals surface area contributed by atoms with Crippen molar-refractivity contribution in [2.24, 2.45) is 23.5 Å². The Morgan fingerprint density at radius 3 is 2.82 bits per heavy atom. The number of amides is 1. The Kier molecular flexibility index (Phi) is 5.98. The number of hydrogen-bond acceptors (Lipinski definition) is 3. The lowest BCUT2D eigenvalue weighted by molar-refractivity contribution is -0.133. The number of nitrogens with zero attached hydrogens (tertiary/aromatic N) is 1. The van der Waals surface area contributed by atoms with E-state index in [1.165, 1.54) is 16.7 Å². The largest absolute Gasteiger partial charge is 0.380 e. The molecular formula is C24H32N2O2. The lowest BCUT2D eigenvalue weighted by Crippen LogP contribution is -2.34.